The third-order valence-corrected chi connectivity index (χ3v) is 5.54. The summed E-state index contributed by atoms with van der Waals surface area (Å²) in [6.45, 7) is 10.3. The molecule has 2 heterocycles. The topological polar surface area (TPSA) is 75.2 Å². The van der Waals surface area contributed by atoms with E-state index in [0.717, 1.165) is 75.9 Å². The van der Waals surface area contributed by atoms with E-state index < -0.39 is 0 Å². The van der Waals surface area contributed by atoms with Crippen molar-refractivity contribution in [1.82, 2.24) is 15.5 Å². The van der Waals surface area contributed by atoms with Gasteiger partial charge in [-0.15, -0.1) is 24.0 Å². The minimum atomic E-state index is 0. The SMILES string of the molecule is CCNC(=NCc1ccc(C)cc1OCC1CCOC1)NCCCN1CCCC1=O.I. The van der Waals surface area contributed by atoms with Gasteiger partial charge in [0.25, 0.3) is 0 Å². The summed E-state index contributed by atoms with van der Waals surface area (Å²) in [5.41, 5.74) is 2.27. The highest BCUT2D eigenvalue weighted by atomic mass is 127. The summed E-state index contributed by atoms with van der Waals surface area (Å²) in [5.74, 6) is 2.46. The van der Waals surface area contributed by atoms with Crippen molar-refractivity contribution in [3.8, 4) is 5.75 Å². The minimum absolute atomic E-state index is 0. The van der Waals surface area contributed by atoms with Crippen LogP contribution >= 0.6 is 24.0 Å². The smallest absolute Gasteiger partial charge is 0.222 e. The van der Waals surface area contributed by atoms with E-state index in [4.69, 9.17) is 14.5 Å². The molecule has 1 amide bonds. The number of rotatable bonds is 10. The molecule has 8 heteroatoms. The molecule has 1 atom stereocenters. The Kier molecular flexibility index (Phi) is 11.4. The molecule has 3 rings (SSSR count). The number of aryl methyl sites for hydroxylation is 1. The number of nitrogens with zero attached hydrogens (tertiary/aromatic N) is 2. The molecule has 0 bridgehead atoms. The number of guanidine groups is 1. The number of hydrogen-bond donors (Lipinski definition) is 2. The van der Waals surface area contributed by atoms with E-state index in [1.807, 2.05) is 4.90 Å². The molecule has 2 N–H and O–H groups in total. The van der Waals surface area contributed by atoms with Gasteiger partial charge < -0.3 is 25.0 Å². The van der Waals surface area contributed by atoms with Crippen molar-refractivity contribution in [2.24, 2.45) is 10.9 Å². The van der Waals surface area contributed by atoms with Crippen molar-refractivity contribution in [1.29, 1.82) is 0 Å². The first kappa shape index (κ1) is 25.7. The lowest BCUT2D eigenvalue weighted by molar-refractivity contribution is -0.127. The maximum absolute atomic E-state index is 11.7. The van der Waals surface area contributed by atoms with E-state index in [9.17, 15) is 4.79 Å². The van der Waals surface area contributed by atoms with E-state index in [1.165, 1.54) is 5.56 Å². The molecule has 7 nitrogen and oxygen atoms in total. The number of nitrogens with one attached hydrogen (secondary N) is 2. The minimum Gasteiger partial charge on any atom is -0.493 e. The number of carbonyl (C=O) groups is 1. The van der Waals surface area contributed by atoms with Crippen LogP contribution in [0.25, 0.3) is 0 Å². The fourth-order valence-electron chi connectivity index (χ4n) is 3.77. The molecule has 1 aromatic rings. The van der Waals surface area contributed by atoms with Crippen LogP contribution in [0.4, 0.5) is 0 Å². The molecule has 31 heavy (non-hydrogen) atoms. The molecule has 2 aliphatic heterocycles. The lowest BCUT2D eigenvalue weighted by Crippen LogP contribution is -2.39. The van der Waals surface area contributed by atoms with E-state index in [1.54, 1.807) is 0 Å². The van der Waals surface area contributed by atoms with Crippen molar-refractivity contribution in [2.75, 3.05) is 46.0 Å². The second-order valence-electron chi connectivity index (χ2n) is 8.11. The van der Waals surface area contributed by atoms with Crippen molar-refractivity contribution >= 4 is 35.8 Å². The Hall–Kier alpha value is -1.55. The monoisotopic (exact) mass is 544 g/mol. The molecule has 2 aliphatic rings. The van der Waals surface area contributed by atoms with E-state index in [-0.39, 0.29) is 29.9 Å². The predicted molar refractivity (Wildman–Crippen MR) is 134 cm³/mol. The second kappa shape index (κ2) is 13.8. The summed E-state index contributed by atoms with van der Waals surface area (Å²) in [5, 5.41) is 6.68. The first-order valence-corrected chi connectivity index (χ1v) is 11.3. The van der Waals surface area contributed by atoms with Gasteiger partial charge in [-0.2, -0.15) is 0 Å². The molecule has 0 spiro atoms. The first-order chi connectivity index (χ1) is 14.7. The van der Waals surface area contributed by atoms with Gasteiger partial charge in [0.05, 0.1) is 19.8 Å². The first-order valence-electron chi connectivity index (χ1n) is 11.3. The number of halogens is 1. The van der Waals surface area contributed by atoms with E-state index in [2.05, 4.69) is 42.7 Å². The molecule has 174 valence electrons. The quantitative estimate of drug-likeness (QED) is 0.205. The summed E-state index contributed by atoms with van der Waals surface area (Å²) in [6, 6.07) is 6.29. The van der Waals surface area contributed by atoms with E-state index >= 15 is 0 Å². The highest BCUT2D eigenvalue weighted by Gasteiger charge is 2.19. The highest BCUT2D eigenvalue weighted by Crippen LogP contribution is 2.23. The Labute approximate surface area is 203 Å². The third-order valence-electron chi connectivity index (χ3n) is 5.54. The van der Waals surface area contributed by atoms with Crippen LogP contribution in [-0.4, -0.2) is 62.8 Å². The highest BCUT2D eigenvalue weighted by molar-refractivity contribution is 14.0. The average molecular weight is 544 g/mol. The summed E-state index contributed by atoms with van der Waals surface area (Å²) < 4.78 is 11.6. The van der Waals surface area contributed by atoms with Crippen LogP contribution in [0.3, 0.4) is 0 Å². The maximum Gasteiger partial charge on any atom is 0.222 e. The molecule has 2 saturated heterocycles. The van der Waals surface area contributed by atoms with Crippen molar-refractivity contribution in [3.05, 3.63) is 29.3 Å². The van der Waals surface area contributed by atoms with Crippen LogP contribution in [0.2, 0.25) is 0 Å². The molecule has 1 aromatic carbocycles. The number of aliphatic imine (C=N–C) groups is 1. The molecular formula is C23H37IN4O3. The molecule has 1 unspecified atom stereocenters. The third kappa shape index (κ3) is 8.48. The van der Waals surface area contributed by atoms with Gasteiger partial charge in [0.2, 0.25) is 5.91 Å². The Balaban J connectivity index is 0.00000341. The Morgan fingerprint density at radius 2 is 2.23 bits per heavy atom. The van der Waals surface area contributed by atoms with Crippen molar-refractivity contribution in [3.63, 3.8) is 0 Å². The van der Waals surface area contributed by atoms with Gasteiger partial charge in [0.15, 0.2) is 5.96 Å². The molecular weight excluding hydrogens is 507 g/mol. The molecule has 2 fully saturated rings. The number of benzene rings is 1. The Morgan fingerprint density at radius 3 is 2.94 bits per heavy atom. The standard InChI is InChI=1S/C23H36N4O3.HI/c1-3-24-23(25-10-5-12-27-11-4-6-22(27)28)26-15-20-8-7-18(2)14-21(20)30-17-19-9-13-29-16-19;/h7-8,14,19H,3-6,9-13,15-17H2,1-2H3,(H2,24,25,26);1H. The van der Waals surface area contributed by atoms with E-state index in [0.29, 0.717) is 25.5 Å². The zero-order chi connectivity index (χ0) is 21.2. The van der Waals surface area contributed by atoms with Gasteiger partial charge in [-0.1, -0.05) is 12.1 Å². The van der Waals surface area contributed by atoms with Crippen LogP contribution < -0.4 is 15.4 Å². The van der Waals surface area contributed by atoms with Gasteiger partial charge in [-0.05, 0) is 44.7 Å². The van der Waals surface area contributed by atoms with Gasteiger partial charge >= 0.3 is 0 Å². The number of carbonyl (C=O) groups excluding carboxylic acids is 1. The maximum atomic E-state index is 11.7. The van der Waals surface area contributed by atoms with Crippen molar-refractivity contribution in [2.45, 2.75) is 46.1 Å². The summed E-state index contributed by atoms with van der Waals surface area (Å²) in [7, 11) is 0. The summed E-state index contributed by atoms with van der Waals surface area (Å²) in [4.78, 5) is 18.4. The second-order valence-corrected chi connectivity index (χ2v) is 8.11. The summed E-state index contributed by atoms with van der Waals surface area (Å²) >= 11 is 0. The number of amides is 1. The predicted octanol–water partition coefficient (Wildman–Crippen LogP) is 3.10. The van der Waals surface area contributed by atoms with Gasteiger partial charge in [0.1, 0.15) is 5.75 Å². The lowest BCUT2D eigenvalue weighted by atomic mass is 10.1. The number of likely N-dealkylation sites (tertiary alicyclic amines) is 1. The molecule has 0 radical (unpaired) electrons. The molecule has 0 aromatic heterocycles. The van der Waals surface area contributed by atoms with Gasteiger partial charge in [-0.3, -0.25) is 4.79 Å². The number of ether oxygens (including phenoxy) is 2. The van der Waals surface area contributed by atoms with Crippen LogP contribution in [-0.2, 0) is 16.1 Å². The van der Waals surface area contributed by atoms with Gasteiger partial charge in [0, 0.05) is 50.7 Å². The molecule has 0 saturated carbocycles. The molecule has 0 aliphatic carbocycles. The Morgan fingerprint density at radius 1 is 1.35 bits per heavy atom. The van der Waals surface area contributed by atoms with Crippen LogP contribution in [0.15, 0.2) is 23.2 Å². The zero-order valence-electron chi connectivity index (χ0n) is 18.8. The normalized spacial score (nSPS) is 18.8. The van der Waals surface area contributed by atoms with Crippen LogP contribution in [0.1, 0.15) is 43.7 Å². The Bertz CT molecular complexity index is 723. The van der Waals surface area contributed by atoms with Crippen LogP contribution in [0, 0.1) is 12.8 Å². The van der Waals surface area contributed by atoms with Crippen molar-refractivity contribution < 1.29 is 14.3 Å². The van der Waals surface area contributed by atoms with Crippen LogP contribution in [0.5, 0.6) is 5.75 Å². The number of hydrogen-bond acceptors (Lipinski definition) is 4. The fourth-order valence-corrected chi connectivity index (χ4v) is 3.77. The largest absolute Gasteiger partial charge is 0.493 e. The average Bonchev–Trinajstić information content (AvgIpc) is 3.40. The van der Waals surface area contributed by atoms with Gasteiger partial charge in [-0.25, -0.2) is 4.99 Å². The fraction of sp³-hybridized carbons (Fsp3) is 0.652. The summed E-state index contributed by atoms with van der Waals surface area (Å²) in [6.07, 6.45) is 3.67. The lowest BCUT2D eigenvalue weighted by Gasteiger charge is -2.17. The zero-order valence-corrected chi connectivity index (χ0v) is 21.2.